The van der Waals surface area contributed by atoms with Crippen molar-refractivity contribution in [2.45, 2.75) is 13.8 Å². The normalized spacial score (nSPS) is 15.6. The minimum Gasteiger partial charge on any atom is -0.492 e. The maximum Gasteiger partial charge on any atom is 0.130 e. The van der Waals surface area contributed by atoms with Gasteiger partial charge in [0.25, 0.3) is 0 Å². The highest BCUT2D eigenvalue weighted by molar-refractivity contribution is 7.17. The van der Waals surface area contributed by atoms with Crippen LogP contribution in [0.25, 0.3) is 21.3 Å². The fraction of sp³-hybridized carbons (Fsp3) is 0.300. The van der Waals surface area contributed by atoms with Crippen molar-refractivity contribution in [1.82, 2.24) is 10.3 Å². The van der Waals surface area contributed by atoms with E-state index in [2.05, 4.69) is 23.3 Å². The number of hydrogen-bond acceptors (Lipinski definition) is 5. The highest BCUT2D eigenvalue weighted by atomic mass is 32.1. The molecule has 0 aliphatic carbocycles. The summed E-state index contributed by atoms with van der Waals surface area (Å²) < 4.78 is 7.41. The lowest BCUT2D eigenvalue weighted by molar-refractivity contribution is 0.102. The van der Waals surface area contributed by atoms with Gasteiger partial charge >= 0.3 is 0 Å². The Labute approximate surface area is 151 Å². The molecule has 0 bridgehead atoms. The summed E-state index contributed by atoms with van der Waals surface area (Å²) in [5.74, 6) is 0.869. The van der Waals surface area contributed by atoms with Gasteiger partial charge in [-0.3, -0.25) is 4.98 Å². The molecular formula is C20H19N3OS. The first-order chi connectivity index (χ1) is 12.1. The molecule has 2 aromatic heterocycles. The standard InChI is InChI=1S/C20H19N3OS/c1-13-7-14(9-21)8-16(18(13)24-12-20(2)10-22-11-20)15-3-5-23-17-4-6-25-19(15)17/h3-8,22H,10-12H2,1-2H3. The number of hydrogen-bond donors (Lipinski definition) is 1. The Morgan fingerprint density at radius 2 is 2.16 bits per heavy atom. The van der Waals surface area contributed by atoms with E-state index in [0.29, 0.717) is 12.2 Å². The average molecular weight is 349 g/mol. The van der Waals surface area contributed by atoms with E-state index in [0.717, 1.165) is 45.7 Å². The molecule has 1 aromatic carbocycles. The van der Waals surface area contributed by atoms with Crippen LogP contribution in [-0.4, -0.2) is 24.7 Å². The Bertz CT molecular complexity index is 982. The molecule has 5 heteroatoms. The summed E-state index contributed by atoms with van der Waals surface area (Å²) in [5, 5.41) is 14.7. The van der Waals surface area contributed by atoms with Crippen molar-refractivity contribution in [2.75, 3.05) is 19.7 Å². The molecule has 0 radical (unpaired) electrons. The number of nitriles is 1. The van der Waals surface area contributed by atoms with Gasteiger partial charge in [0.15, 0.2) is 0 Å². The Morgan fingerprint density at radius 3 is 2.88 bits per heavy atom. The first-order valence-corrected chi connectivity index (χ1v) is 9.18. The van der Waals surface area contributed by atoms with Crippen LogP contribution in [0.4, 0.5) is 0 Å². The Balaban J connectivity index is 1.83. The van der Waals surface area contributed by atoms with Crippen LogP contribution < -0.4 is 10.1 Å². The molecule has 4 rings (SSSR count). The molecule has 0 saturated carbocycles. The number of rotatable bonds is 4. The molecule has 126 valence electrons. The van der Waals surface area contributed by atoms with Gasteiger partial charge in [0.1, 0.15) is 5.75 Å². The summed E-state index contributed by atoms with van der Waals surface area (Å²) in [6.45, 7) is 6.85. The van der Waals surface area contributed by atoms with E-state index in [-0.39, 0.29) is 5.41 Å². The van der Waals surface area contributed by atoms with Crippen LogP contribution in [0.1, 0.15) is 18.1 Å². The molecule has 0 spiro atoms. The van der Waals surface area contributed by atoms with E-state index in [1.54, 1.807) is 11.3 Å². The van der Waals surface area contributed by atoms with Crippen molar-refractivity contribution in [3.8, 4) is 22.9 Å². The molecule has 0 amide bonds. The molecule has 1 fully saturated rings. The van der Waals surface area contributed by atoms with Gasteiger partial charge in [0.2, 0.25) is 0 Å². The molecular weight excluding hydrogens is 330 g/mol. The zero-order valence-electron chi connectivity index (χ0n) is 14.3. The van der Waals surface area contributed by atoms with Crippen LogP contribution in [0, 0.1) is 23.7 Å². The minimum atomic E-state index is 0.175. The second-order valence-corrected chi connectivity index (χ2v) is 7.89. The van der Waals surface area contributed by atoms with Crippen molar-refractivity contribution in [1.29, 1.82) is 5.26 Å². The molecule has 1 N–H and O–H groups in total. The van der Waals surface area contributed by atoms with Gasteiger partial charge in [-0.05, 0) is 42.1 Å². The summed E-state index contributed by atoms with van der Waals surface area (Å²) in [5.41, 5.74) is 4.84. The molecule has 1 aliphatic heterocycles. The summed E-state index contributed by atoms with van der Waals surface area (Å²) >= 11 is 1.67. The third kappa shape index (κ3) is 2.88. The van der Waals surface area contributed by atoms with E-state index >= 15 is 0 Å². The zero-order valence-corrected chi connectivity index (χ0v) is 15.1. The number of nitrogens with zero attached hydrogens (tertiary/aromatic N) is 2. The topological polar surface area (TPSA) is 57.9 Å². The van der Waals surface area contributed by atoms with Crippen LogP contribution in [0.15, 0.2) is 35.8 Å². The van der Waals surface area contributed by atoms with Crippen LogP contribution in [-0.2, 0) is 0 Å². The summed E-state index contributed by atoms with van der Waals surface area (Å²) in [4.78, 5) is 4.43. The Kier molecular flexibility index (Phi) is 3.95. The summed E-state index contributed by atoms with van der Waals surface area (Å²) in [7, 11) is 0. The third-order valence-corrected chi connectivity index (χ3v) is 5.64. The van der Waals surface area contributed by atoms with Crippen LogP contribution in [0.5, 0.6) is 5.75 Å². The van der Waals surface area contributed by atoms with Gasteiger partial charge in [-0.2, -0.15) is 5.26 Å². The first-order valence-electron chi connectivity index (χ1n) is 8.30. The highest BCUT2D eigenvalue weighted by Crippen LogP contribution is 2.40. The molecule has 25 heavy (non-hydrogen) atoms. The predicted octanol–water partition coefficient (Wildman–Crippen LogP) is 4.13. The number of aromatic nitrogens is 1. The Morgan fingerprint density at radius 1 is 1.32 bits per heavy atom. The van der Waals surface area contributed by atoms with Crippen LogP contribution in [0.3, 0.4) is 0 Å². The number of fused-ring (bicyclic) bond motifs is 1. The van der Waals surface area contributed by atoms with Crippen molar-refractivity contribution < 1.29 is 4.74 Å². The lowest BCUT2D eigenvalue weighted by Gasteiger charge is -2.39. The largest absolute Gasteiger partial charge is 0.492 e. The number of ether oxygens (including phenoxy) is 1. The van der Waals surface area contributed by atoms with Crippen molar-refractivity contribution in [3.05, 3.63) is 47.0 Å². The van der Waals surface area contributed by atoms with Gasteiger partial charge in [-0.15, -0.1) is 11.3 Å². The smallest absolute Gasteiger partial charge is 0.130 e. The summed E-state index contributed by atoms with van der Waals surface area (Å²) in [6, 6.07) is 10.1. The first kappa shape index (κ1) is 16.1. The summed E-state index contributed by atoms with van der Waals surface area (Å²) in [6.07, 6.45) is 1.82. The second kappa shape index (κ2) is 6.14. The Hall–Kier alpha value is -2.42. The number of nitrogens with one attached hydrogen (secondary N) is 1. The SMILES string of the molecule is Cc1cc(C#N)cc(-c2ccnc3ccsc23)c1OCC1(C)CNC1. The molecule has 3 heterocycles. The van der Waals surface area contributed by atoms with E-state index < -0.39 is 0 Å². The monoisotopic (exact) mass is 349 g/mol. The van der Waals surface area contributed by atoms with E-state index in [4.69, 9.17) is 4.74 Å². The number of benzene rings is 1. The molecule has 1 aliphatic rings. The lowest BCUT2D eigenvalue weighted by Crippen LogP contribution is -2.54. The molecule has 0 unspecified atom stereocenters. The van der Waals surface area contributed by atoms with Crippen molar-refractivity contribution in [3.63, 3.8) is 0 Å². The quantitative estimate of drug-likeness (QED) is 0.769. The molecule has 4 nitrogen and oxygen atoms in total. The van der Waals surface area contributed by atoms with Gasteiger partial charge in [0.05, 0.1) is 28.5 Å². The van der Waals surface area contributed by atoms with Crippen molar-refractivity contribution >= 4 is 21.6 Å². The lowest BCUT2D eigenvalue weighted by atomic mass is 9.85. The second-order valence-electron chi connectivity index (χ2n) is 6.98. The minimum absolute atomic E-state index is 0.175. The average Bonchev–Trinajstić information content (AvgIpc) is 3.07. The van der Waals surface area contributed by atoms with Gasteiger partial charge in [0, 0.05) is 35.8 Å². The van der Waals surface area contributed by atoms with Crippen LogP contribution >= 0.6 is 11.3 Å². The zero-order chi connectivity index (χ0) is 17.4. The van der Waals surface area contributed by atoms with E-state index in [1.165, 1.54) is 0 Å². The van der Waals surface area contributed by atoms with Gasteiger partial charge < -0.3 is 10.1 Å². The third-order valence-electron chi connectivity index (χ3n) is 4.71. The van der Waals surface area contributed by atoms with Gasteiger partial charge in [-0.1, -0.05) is 6.92 Å². The molecule has 0 atom stereocenters. The molecule has 1 saturated heterocycles. The molecule has 3 aromatic rings. The fourth-order valence-electron chi connectivity index (χ4n) is 3.22. The van der Waals surface area contributed by atoms with Crippen LogP contribution in [0.2, 0.25) is 0 Å². The highest BCUT2D eigenvalue weighted by Gasteiger charge is 2.33. The number of aryl methyl sites for hydroxylation is 1. The number of thiophene rings is 1. The van der Waals surface area contributed by atoms with Crippen molar-refractivity contribution in [2.24, 2.45) is 5.41 Å². The maximum absolute atomic E-state index is 9.40. The maximum atomic E-state index is 9.40. The fourth-order valence-corrected chi connectivity index (χ4v) is 4.10. The van der Waals surface area contributed by atoms with Gasteiger partial charge in [-0.25, -0.2) is 0 Å². The van der Waals surface area contributed by atoms with E-state index in [1.807, 2.05) is 42.8 Å². The van der Waals surface area contributed by atoms with E-state index in [9.17, 15) is 5.26 Å². The predicted molar refractivity (Wildman–Crippen MR) is 101 cm³/mol. The number of pyridine rings is 1.